The Morgan fingerprint density at radius 3 is 2.85 bits per heavy atom. The fourth-order valence-corrected chi connectivity index (χ4v) is 2.81. The third kappa shape index (κ3) is 3.93. The van der Waals surface area contributed by atoms with Crippen molar-refractivity contribution >= 4 is 41.4 Å². The van der Waals surface area contributed by atoms with Gasteiger partial charge in [-0.1, -0.05) is 11.6 Å². The molecule has 2 aliphatic rings. The number of nitrogens with zero attached hydrogens (tertiary/aromatic N) is 3. The number of carbonyl (C=O) groups excluding carboxylic acids is 1. The lowest BCUT2D eigenvalue weighted by atomic mass is 10.3. The number of nitrogen functional groups attached to an aromatic ring is 1. The summed E-state index contributed by atoms with van der Waals surface area (Å²) in [5.41, 5.74) is 6.78. The predicted molar refractivity (Wildman–Crippen MR) is 104 cm³/mol. The quantitative estimate of drug-likeness (QED) is 0.423. The molecule has 27 heavy (non-hydrogen) atoms. The van der Waals surface area contributed by atoms with Crippen molar-refractivity contribution in [1.29, 1.82) is 5.41 Å². The lowest BCUT2D eigenvalue weighted by Gasteiger charge is -2.18. The molecule has 0 atom stereocenters. The van der Waals surface area contributed by atoms with Gasteiger partial charge in [-0.05, 0) is 12.8 Å². The molecule has 1 aliphatic heterocycles. The number of amides is 1. The minimum Gasteiger partial charge on any atom is -0.446 e. The number of anilines is 2. The van der Waals surface area contributed by atoms with Crippen LogP contribution in [0.4, 0.5) is 11.5 Å². The van der Waals surface area contributed by atoms with E-state index < -0.39 is 0 Å². The smallest absolute Gasteiger partial charge is 0.231 e. The summed E-state index contributed by atoms with van der Waals surface area (Å²) in [6.45, 7) is 0. The first-order valence-electron chi connectivity index (χ1n) is 8.37. The minimum absolute atomic E-state index is 0.0714. The molecule has 1 aromatic heterocycles. The highest BCUT2D eigenvalue weighted by molar-refractivity contribution is 6.35. The summed E-state index contributed by atoms with van der Waals surface area (Å²) in [5, 5.41) is 12.5. The summed E-state index contributed by atoms with van der Waals surface area (Å²) in [6.07, 6.45) is 7.58. The number of aromatic nitrogens is 1. The van der Waals surface area contributed by atoms with Gasteiger partial charge in [-0.15, -0.1) is 0 Å². The zero-order valence-electron chi connectivity index (χ0n) is 15.0. The van der Waals surface area contributed by atoms with Crippen LogP contribution in [0.3, 0.4) is 0 Å². The molecule has 1 fully saturated rings. The second-order valence-electron chi connectivity index (χ2n) is 6.13. The number of quaternary nitrogens is 1. The highest BCUT2D eigenvalue weighted by atomic mass is 35.5. The van der Waals surface area contributed by atoms with Crippen LogP contribution >= 0.6 is 11.6 Å². The number of ether oxygens (including phenoxy) is 1. The Labute approximate surface area is 161 Å². The van der Waals surface area contributed by atoms with E-state index in [1.54, 1.807) is 36.7 Å². The monoisotopic (exact) mass is 390 g/mol. The van der Waals surface area contributed by atoms with Gasteiger partial charge in [0.25, 0.3) is 0 Å². The van der Waals surface area contributed by atoms with Crippen LogP contribution in [0.25, 0.3) is 0 Å². The second-order valence-corrected chi connectivity index (χ2v) is 6.51. The number of pyridine rings is 1. The molecule has 10 heteroatoms. The number of hydrogen-bond acceptors (Lipinski definition) is 7. The van der Waals surface area contributed by atoms with Gasteiger partial charge in [0.2, 0.25) is 11.7 Å². The molecule has 6 N–H and O–H groups in total. The van der Waals surface area contributed by atoms with E-state index in [-0.39, 0.29) is 34.2 Å². The first kappa shape index (κ1) is 18.9. The van der Waals surface area contributed by atoms with Crippen molar-refractivity contribution in [2.75, 3.05) is 25.1 Å². The van der Waals surface area contributed by atoms with Crippen LogP contribution in [0.5, 0.6) is 5.75 Å². The molecule has 0 aromatic carbocycles. The molecule has 0 spiro atoms. The molecule has 1 amide bonds. The van der Waals surface area contributed by atoms with Crippen LogP contribution < -0.4 is 21.1 Å². The fourth-order valence-electron chi connectivity index (χ4n) is 2.53. The lowest BCUT2D eigenvalue weighted by Crippen LogP contribution is -2.78. The van der Waals surface area contributed by atoms with Crippen LogP contribution in [0.15, 0.2) is 34.7 Å². The number of carbonyl (C=O) groups is 1. The third-order valence-corrected chi connectivity index (χ3v) is 4.62. The molecular formula is C17H21ClN7O2+. The highest BCUT2D eigenvalue weighted by Gasteiger charge is 2.34. The predicted octanol–water partition coefficient (Wildman–Crippen LogP) is 0.914. The van der Waals surface area contributed by atoms with Crippen molar-refractivity contribution in [3.05, 3.63) is 34.7 Å². The third-order valence-electron chi connectivity index (χ3n) is 4.25. The molecule has 0 bridgehead atoms. The number of hydrogen-bond donors (Lipinski definition) is 4. The number of allylic oxidation sites excluding steroid dienone is 2. The van der Waals surface area contributed by atoms with Crippen LogP contribution in [-0.2, 0) is 4.79 Å². The van der Waals surface area contributed by atoms with E-state index in [1.165, 1.54) is 6.20 Å². The molecule has 9 nitrogen and oxygen atoms in total. The summed E-state index contributed by atoms with van der Waals surface area (Å²) in [6, 6.07) is 0. The largest absolute Gasteiger partial charge is 0.446 e. The number of rotatable bonds is 6. The van der Waals surface area contributed by atoms with Crippen molar-refractivity contribution < 1.29 is 14.8 Å². The molecule has 0 radical (unpaired) electrons. The molecule has 1 saturated carbocycles. The number of aliphatic imine (C=N–C) groups is 1. The number of nitrogens with two attached hydrogens (primary N) is 2. The van der Waals surface area contributed by atoms with Gasteiger partial charge >= 0.3 is 0 Å². The van der Waals surface area contributed by atoms with E-state index in [4.69, 9.17) is 27.5 Å². The molecule has 2 heterocycles. The first-order valence-corrected chi connectivity index (χ1v) is 8.75. The Balaban J connectivity index is 1.78. The summed E-state index contributed by atoms with van der Waals surface area (Å²) in [7, 11) is 3.38. The summed E-state index contributed by atoms with van der Waals surface area (Å²) in [4.78, 5) is 22.0. The van der Waals surface area contributed by atoms with Crippen molar-refractivity contribution in [2.24, 2.45) is 10.9 Å². The van der Waals surface area contributed by atoms with Gasteiger partial charge in [0.1, 0.15) is 17.0 Å². The van der Waals surface area contributed by atoms with Crippen molar-refractivity contribution in [2.45, 2.75) is 12.8 Å². The maximum Gasteiger partial charge on any atom is 0.231 e. The van der Waals surface area contributed by atoms with Crippen molar-refractivity contribution in [3.63, 3.8) is 0 Å². The van der Waals surface area contributed by atoms with Gasteiger partial charge in [-0.2, -0.15) is 0 Å². The summed E-state index contributed by atoms with van der Waals surface area (Å²) in [5.74, 6) is 1.48. The zero-order chi connectivity index (χ0) is 19.6. The van der Waals surface area contributed by atoms with E-state index in [2.05, 4.69) is 15.3 Å². The Hall–Kier alpha value is -2.91. The normalized spacial score (nSPS) is 17.8. The molecule has 1 aliphatic carbocycles. The van der Waals surface area contributed by atoms with Crippen molar-refractivity contribution in [3.8, 4) is 5.75 Å². The SMILES string of the molecule is CNc1c(N)ncc(O/C(C=N)=C2\C=NC(N(C)C(=O)C3CC3)=C[NH2+]2)c1Cl. The zero-order valence-corrected chi connectivity index (χ0v) is 15.7. The minimum atomic E-state index is 0.0714. The van der Waals surface area contributed by atoms with E-state index in [0.717, 1.165) is 19.1 Å². The van der Waals surface area contributed by atoms with Crippen LogP contribution in [0.2, 0.25) is 5.02 Å². The molecule has 1 aromatic rings. The molecule has 142 valence electrons. The molecule has 3 rings (SSSR count). The average Bonchev–Trinajstić information content (AvgIpc) is 3.52. The Bertz CT molecular complexity index is 874. The summed E-state index contributed by atoms with van der Waals surface area (Å²) < 4.78 is 5.74. The van der Waals surface area contributed by atoms with Gasteiger partial charge in [0, 0.05) is 20.0 Å². The average molecular weight is 391 g/mol. The fraction of sp³-hybridized carbons (Fsp3) is 0.294. The standard InChI is InChI=1S/C17H20ClN7O2/c1-21-15-14(18)12(7-24-16(15)20)27-11(5-19)10-6-23-13(8-22-10)25(2)17(26)9-3-4-9/h5-9,19,21-22H,3-4H2,1-2H3,(H2,20,24)/p+1/b11-10+,19-5?. The van der Waals surface area contributed by atoms with E-state index >= 15 is 0 Å². The second kappa shape index (κ2) is 7.77. The Morgan fingerprint density at radius 2 is 2.30 bits per heavy atom. The molecule has 0 unspecified atom stereocenters. The van der Waals surface area contributed by atoms with Crippen LogP contribution in [0.1, 0.15) is 12.8 Å². The van der Waals surface area contributed by atoms with Gasteiger partial charge in [0.05, 0.1) is 24.3 Å². The van der Waals surface area contributed by atoms with Gasteiger partial charge in [-0.3, -0.25) is 15.0 Å². The number of halogens is 1. The van der Waals surface area contributed by atoms with E-state index in [0.29, 0.717) is 17.2 Å². The van der Waals surface area contributed by atoms with Crippen molar-refractivity contribution in [1.82, 2.24) is 9.88 Å². The maximum atomic E-state index is 12.1. The molecule has 0 saturated heterocycles. The summed E-state index contributed by atoms with van der Waals surface area (Å²) >= 11 is 6.28. The van der Waals surface area contributed by atoms with Crippen LogP contribution in [-0.4, -0.2) is 42.3 Å². The van der Waals surface area contributed by atoms with Gasteiger partial charge < -0.3 is 21.2 Å². The Kier molecular flexibility index (Phi) is 5.43. The topological polar surface area (TPSA) is 133 Å². The van der Waals surface area contributed by atoms with E-state index in [1.807, 2.05) is 0 Å². The lowest BCUT2D eigenvalue weighted by molar-refractivity contribution is -0.529. The maximum absolute atomic E-state index is 12.1. The molecular weight excluding hydrogens is 370 g/mol. The number of nitrogens with one attached hydrogen (secondary N) is 2. The van der Waals surface area contributed by atoms with E-state index in [9.17, 15) is 4.79 Å². The Morgan fingerprint density at radius 1 is 1.56 bits per heavy atom. The van der Waals surface area contributed by atoms with Gasteiger partial charge in [0.15, 0.2) is 17.3 Å². The van der Waals surface area contributed by atoms with Crippen LogP contribution in [0, 0.1) is 11.3 Å². The first-order chi connectivity index (χ1) is 13.0. The van der Waals surface area contributed by atoms with Gasteiger partial charge in [-0.25, -0.2) is 9.98 Å². The highest BCUT2D eigenvalue weighted by Crippen LogP contribution is 2.35.